The van der Waals surface area contributed by atoms with Crippen LogP contribution in [0, 0.1) is 12.8 Å². The summed E-state index contributed by atoms with van der Waals surface area (Å²) in [5.41, 5.74) is 8.38. The smallest absolute Gasteiger partial charge is 0.223 e. The first kappa shape index (κ1) is 17.0. The molecule has 1 aliphatic rings. The van der Waals surface area contributed by atoms with Gasteiger partial charge in [0.05, 0.1) is 0 Å². The fraction of sp³-hybridized carbons (Fsp3) is 0.562. The molecule has 1 saturated carbocycles. The van der Waals surface area contributed by atoms with E-state index in [1.807, 2.05) is 0 Å². The van der Waals surface area contributed by atoms with E-state index in [4.69, 9.17) is 5.73 Å². The summed E-state index contributed by atoms with van der Waals surface area (Å²) in [6.45, 7) is 4.93. The number of benzene rings is 1. The van der Waals surface area contributed by atoms with Crippen molar-refractivity contribution in [3.8, 4) is 0 Å². The van der Waals surface area contributed by atoms with Gasteiger partial charge >= 0.3 is 0 Å². The van der Waals surface area contributed by atoms with Crippen LogP contribution in [0.3, 0.4) is 0 Å². The van der Waals surface area contributed by atoms with Crippen LogP contribution in [0.2, 0.25) is 0 Å². The minimum atomic E-state index is 0. The highest BCUT2D eigenvalue weighted by molar-refractivity contribution is 5.85. The van der Waals surface area contributed by atoms with E-state index in [-0.39, 0.29) is 30.3 Å². The number of rotatable bonds is 4. The minimum Gasteiger partial charge on any atom is -0.355 e. The zero-order valence-corrected chi connectivity index (χ0v) is 13.1. The second-order valence-corrected chi connectivity index (χ2v) is 5.83. The molecule has 2 rings (SSSR count). The van der Waals surface area contributed by atoms with Crippen molar-refractivity contribution < 1.29 is 4.79 Å². The lowest BCUT2D eigenvalue weighted by atomic mass is 9.99. The van der Waals surface area contributed by atoms with E-state index in [2.05, 4.69) is 43.4 Å². The standard InChI is InChI=1S/C16H24N2O.ClH/c1-11-3-5-13(6-4-11)12(2)10-18-16(19)14-7-8-15(17)9-14;/h3-6,12,14-15H,7-10,17H2,1-2H3,(H,18,19);1H. The molecule has 3 nitrogen and oxygen atoms in total. The molecular weight excluding hydrogens is 272 g/mol. The summed E-state index contributed by atoms with van der Waals surface area (Å²) in [6.07, 6.45) is 2.75. The van der Waals surface area contributed by atoms with E-state index in [0.717, 1.165) is 19.3 Å². The predicted molar refractivity (Wildman–Crippen MR) is 85.2 cm³/mol. The lowest BCUT2D eigenvalue weighted by Crippen LogP contribution is -2.33. The molecule has 1 aromatic carbocycles. The normalized spacial score (nSPS) is 22.9. The van der Waals surface area contributed by atoms with Crippen LogP contribution in [0.4, 0.5) is 0 Å². The van der Waals surface area contributed by atoms with Gasteiger partial charge in [0.25, 0.3) is 0 Å². The molecule has 3 atom stereocenters. The zero-order chi connectivity index (χ0) is 13.8. The van der Waals surface area contributed by atoms with Crippen molar-refractivity contribution in [1.29, 1.82) is 0 Å². The summed E-state index contributed by atoms with van der Waals surface area (Å²) < 4.78 is 0. The van der Waals surface area contributed by atoms with Crippen molar-refractivity contribution in [1.82, 2.24) is 5.32 Å². The zero-order valence-electron chi connectivity index (χ0n) is 12.3. The molecule has 3 N–H and O–H groups in total. The number of nitrogens with one attached hydrogen (secondary N) is 1. The molecule has 1 aliphatic carbocycles. The quantitative estimate of drug-likeness (QED) is 0.897. The first-order valence-electron chi connectivity index (χ1n) is 7.16. The second kappa shape index (κ2) is 7.65. The van der Waals surface area contributed by atoms with Gasteiger partial charge in [0.2, 0.25) is 5.91 Å². The van der Waals surface area contributed by atoms with Crippen molar-refractivity contribution in [2.24, 2.45) is 11.7 Å². The number of hydrogen-bond acceptors (Lipinski definition) is 2. The topological polar surface area (TPSA) is 55.1 Å². The number of halogens is 1. The molecular formula is C16H25ClN2O. The molecule has 0 aliphatic heterocycles. The van der Waals surface area contributed by atoms with Gasteiger partial charge < -0.3 is 11.1 Å². The van der Waals surface area contributed by atoms with E-state index in [9.17, 15) is 4.79 Å². The van der Waals surface area contributed by atoms with E-state index in [1.54, 1.807) is 0 Å². The average Bonchev–Trinajstić information content (AvgIpc) is 2.83. The summed E-state index contributed by atoms with van der Waals surface area (Å²) in [5.74, 6) is 0.645. The Morgan fingerprint density at radius 2 is 2.00 bits per heavy atom. The average molecular weight is 297 g/mol. The Morgan fingerprint density at radius 1 is 1.35 bits per heavy atom. The van der Waals surface area contributed by atoms with Crippen LogP contribution < -0.4 is 11.1 Å². The van der Waals surface area contributed by atoms with E-state index in [0.29, 0.717) is 12.5 Å². The third-order valence-corrected chi connectivity index (χ3v) is 4.07. The van der Waals surface area contributed by atoms with E-state index in [1.165, 1.54) is 11.1 Å². The van der Waals surface area contributed by atoms with Gasteiger partial charge in [-0.2, -0.15) is 0 Å². The maximum absolute atomic E-state index is 12.0. The first-order chi connectivity index (χ1) is 9.06. The highest BCUT2D eigenvalue weighted by Crippen LogP contribution is 2.24. The maximum Gasteiger partial charge on any atom is 0.223 e. The van der Waals surface area contributed by atoms with Gasteiger partial charge in [0.1, 0.15) is 0 Å². The van der Waals surface area contributed by atoms with Gasteiger partial charge in [0.15, 0.2) is 0 Å². The van der Waals surface area contributed by atoms with Crippen LogP contribution in [-0.4, -0.2) is 18.5 Å². The van der Waals surface area contributed by atoms with Crippen LogP contribution in [0.15, 0.2) is 24.3 Å². The summed E-state index contributed by atoms with van der Waals surface area (Å²) in [7, 11) is 0. The molecule has 1 amide bonds. The summed E-state index contributed by atoms with van der Waals surface area (Å²) >= 11 is 0. The Kier molecular flexibility index (Phi) is 6.50. The lowest BCUT2D eigenvalue weighted by Gasteiger charge is -2.16. The number of carbonyl (C=O) groups excluding carboxylic acids is 1. The van der Waals surface area contributed by atoms with Crippen molar-refractivity contribution in [2.75, 3.05) is 6.54 Å². The van der Waals surface area contributed by atoms with Gasteiger partial charge in [-0.25, -0.2) is 0 Å². The van der Waals surface area contributed by atoms with Crippen LogP contribution in [-0.2, 0) is 4.79 Å². The van der Waals surface area contributed by atoms with Crippen molar-refractivity contribution in [2.45, 2.75) is 45.1 Å². The van der Waals surface area contributed by atoms with Crippen molar-refractivity contribution in [3.05, 3.63) is 35.4 Å². The van der Waals surface area contributed by atoms with E-state index >= 15 is 0 Å². The van der Waals surface area contributed by atoms with Crippen LogP contribution >= 0.6 is 12.4 Å². The third-order valence-electron chi connectivity index (χ3n) is 4.07. The van der Waals surface area contributed by atoms with Gasteiger partial charge in [0, 0.05) is 18.5 Å². The highest BCUT2D eigenvalue weighted by Gasteiger charge is 2.27. The molecule has 4 heteroatoms. The number of aryl methyl sites for hydroxylation is 1. The predicted octanol–water partition coefficient (Wildman–Crippen LogP) is 2.76. The fourth-order valence-corrected chi connectivity index (χ4v) is 2.67. The fourth-order valence-electron chi connectivity index (χ4n) is 2.67. The van der Waals surface area contributed by atoms with Gasteiger partial charge in [-0.15, -0.1) is 12.4 Å². The minimum absolute atomic E-state index is 0. The molecule has 0 heterocycles. The highest BCUT2D eigenvalue weighted by atomic mass is 35.5. The molecule has 112 valence electrons. The Hall–Kier alpha value is -1.06. The van der Waals surface area contributed by atoms with Gasteiger partial charge in [-0.05, 0) is 37.7 Å². The molecule has 0 saturated heterocycles. The first-order valence-corrected chi connectivity index (χ1v) is 7.16. The van der Waals surface area contributed by atoms with Crippen molar-refractivity contribution in [3.63, 3.8) is 0 Å². The van der Waals surface area contributed by atoms with Crippen LogP contribution in [0.25, 0.3) is 0 Å². The Labute approximate surface area is 127 Å². The molecule has 0 aromatic heterocycles. The summed E-state index contributed by atoms with van der Waals surface area (Å²) in [6, 6.07) is 8.72. The molecule has 3 unspecified atom stereocenters. The van der Waals surface area contributed by atoms with Crippen LogP contribution in [0.1, 0.15) is 43.2 Å². The number of nitrogens with two attached hydrogens (primary N) is 1. The monoisotopic (exact) mass is 296 g/mol. The SMILES string of the molecule is Cc1ccc(C(C)CNC(=O)C2CCC(N)C2)cc1.Cl. The summed E-state index contributed by atoms with van der Waals surface area (Å²) in [5, 5.41) is 3.06. The van der Waals surface area contributed by atoms with Gasteiger partial charge in [-0.1, -0.05) is 36.8 Å². The molecule has 1 fully saturated rings. The molecule has 0 radical (unpaired) electrons. The van der Waals surface area contributed by atoms with Crippen LogP contribution in [0.5, 0.6) is 0 Å². The molecule has 1 aromatic rings. The Balaban J connectivity index is 0.00000200. The number of carbonyl (C=O) groups is 1. The maximum atomic E-state index is 12.0. The van der Waals surface area contributed by atoms with Gasteiger partial charge in [-0.3, -0.25) is 4.79 Å². The number of amides is 1. The lowest BCUT2D eigenvalue weighted by molar-refractivity contribution is -0.124. The molecule has 0 spiro atoms. The molecule has 0 bridgehead atoms. The third kappa shape index (κ3) is 4.50. The Bertz CT molecular complexity index is 433. The largest absolute Gasteiger partial charge is 0.355 e. The molecule has 20 heavy (non-hydrogen) atoms. The van der Waals surface area contributed by atoms with Crippen molar-refractivity contribution >= 4 is 18.3 Å². The number of hydrogen-bond donors (Lipinski definition) is 2. The van der Waals surface area contributed by atoms with E-state index < -0.39 is 0 Å². The summed E-state index contributed by atoms with van der Waals surface area (Å²) in [4.78, 5) is 12.0. The Morgan fingerprint density at radius 3 is 2.55 bits per heavy atom. The second-order valence-electron chi connectivity index (χ2n) is 5.83.